The molecule has 1 atom stereocenters. The van der Waals surface area contributed by atoms with Gasteiger partial charge in [0.05, 0.1) is 0 Å². The van der Waals surface area contributed by atoms with Crippen LogP contribution in [-0.2, 0) is 6.54 Å². The summed E-state index contributed by atoms with van der Waals surface area (Å²) in [6.07, 6.45) is 1.13. The Labute approximate surface area is 97.8 Å². The van der Waals surface area contributed by atoms with Crippen LogP contribution in [0, 0.1) is 0 Å². The van der Waals surface area contributed by atoms with E-state index in [0.29, 0.717) is 6.04 Å². The monoisotopic (exact) mass is 219 g/mol. The van der Waals surface area contributed by atoms with E-state index in [4.69, 9.17) is 5.73 Å². The second kappa shape index (κ2) is 4.85. The molecule has 16 heavy (non-hydrogen) atoms. The summed E-state index contributed by atoms with van der Waals surface area (Å²) in [6, 6.07) is 9.08. The molecule has 1 saturated heterocycles. The number of likely N-dealkylation sites (tertiary alicyclic amines) is 1. The lowest BCUT2D eigenvalue weighted by Crippen LogP contribution is -2.26. The average molecular weight is 219 g/mol. The first kappa shape index (κ1) is 11.4. The van der Waals surface area contributed by atoms with Crippen LogP contribution in [0.4, 0.5) is 5.69 Å². The zero-order chi connectivity index (χ0) is 11.5. The predicted octanol–water partition coefficient (Wildman–Crippen LogP) is 1.29. The lowest BCUT2D eigenvalue weighted by molar-refractivity contribution is 0.327. The Bertz CT molecular complexity index is 349. The van der Waals surface area contributed by atoms with Gasteiger partial charge in [0.15, 0.2) is 0 Å². The highest BCUT2D eigenvalue weighted by Gasteiger charge is 2.18. The van der Waals surface area contributed by atoms with Crippen LogP contribution in [-0.4, -0.2) is 38.1 Å². The summed E-state index contributed by atoms with van der Waals surface area (Å²) < 4.78 is 0. The summed E-state index contributed by atoms with van der Waals surface area (Å²) in [5.41, 5.74) is 8.55. The first-order valence-corrected chi connectivity index (χ1v) is 5.89. The lowest BCUT2D eigenvalue weighted by Gasteiger charge is -2.17. The number of hydrogen-bond acceptors (Lipinski definition) is 3. The summed E-state index contributed by atoms with van der Waals surface area (Å²) >= 11 is 0. The quantitative estimate of drug-likeness (QED) is 0.831. The summed E-state index contributed by atoms with van der Waals surface area (Å²) in [5, 5.41) is 0. The molecule has 0 aromatic heterocycles. The second-order valence-corrected chi connectivity index (χ2v) is 4.85. The van der Waals surface area contributed by atoms with E-state index >= 15 is 0 Å². The highest BCUT2D eigenvalue weighted by atomic mass is 15.2. The summed E-state index contributed by atoms with van der Waals surface area (Å²) in [4.78, 5) is 4.57. The van der Waals surface area contributed by atoms with Crippen LogP contribution < -0.4 is 10.6 Å². The molecule has 1 aromatic carbocycles. The lowest BCUT2D eigenvalue weighted by atomic mass is 10.2. The first-order chi connectivity index (χ1) is 7.65. The molecule has 0 aliphatic carbocycles. The van der Waals surface area contributed by atoms with Gasteiger partial charge < -0.3 is 10.6 Å². The van der Waals surface area contributed by atoms with Gasteiger partial charge in [0.2, 0.25) is 0 Å². The molecule has 0 unspecified atom stereocenters. The Hall–Kier alpha value is -1.06. The van der Waals surface area contributed by atoms with E-state index in [1.165, 1.54) is 11.3 Å². The third-order valence-corrected chi connectivity index (χ3v) is 3.14. The van der Waals surface area contributed by atoms with E-state index in [2.05, 4.69) is 48.2 Å². The SMILES string of the molecule is CN(C)c1cccc(CN2CC[C@H](N)C2)c1. The summed E-state index contributed by atoms with van der Waals surface area (Å²) in [7, 11) is 4.15. The number of rotatable bonds is 3. The number of nitrogens with two attached hydrogens (primary N) is 1. The molecule has 0 saturated carbocycles. The predicted molar refractivity (Wildman–Crippen MR) is 68.6 cm³/mol. The molecule has 1 aliphatic heterocycles. The van der Waals surface area contributed by atoms with Crippen molar-refractivity contribution in [3.63, 3.8) is 0 Å². The molecule has 88 valence electrons. The fourth-order valence-corrected chi connectivity index (χ4v) is 2.20. The number of benzene rings is 1. The Kier molecular flexibility index (Phi) is 3.46. The standard InChI is InChI=1S/C13H21N3/c1-15(2)13-5-3-4-11(8-13)9-16-7-6-12(14)10-16/h3-5,8,12H,6-7,9-10,14H2,1-2H3/t12-/m0/s1. The minimum atomic E-state index is 0.372. The topological polar surface area (TPSA) is 32.5 Å². The zero-order valence-corrected chi connectivity index (χ0v) is 10.2. The molecular formula is C13H21N3. The van der Waals surface area contributed by atoms with E-state index in [-0.39, 0.29) is 0 Å². The maximum absolute atomic E-state index is 5.91. The maximum Gasteiger partial charge on any atom is 0.0364 e. The van der Waals surface area contributed by atoms with Crippen LogP contribution >= 0.6 is 0 Å². The molecular weight excluding hydrogens is 198 g/mol. The third-order valence-electron chi connectivity index (χ3n) is 3.14. The van der Waals surface area contributed by atoms with Crippen molar-refractivity contribution in [2.75, 3.05) is 32.1 Å². The van der Waals surface area contributed by atoms with Gasteiger partial charge in [-0.05, 0) is 24.1 Å². The molecule has 2 rings (SSSR count). The van der Waals surface area contributed by atoms with E-state index < -0.39 is 0 Å². The van der Waals surface area contributed by atoms with Crippen LogP contribution in [0.1, 0.15) is 12.0 Å². The van der Waals surface area contributed by atoms with Crippen molar-refractivity contribution in [1.82, 2.24) is 4.90 Å². The van der Waals surface area contributed by atoms with Gasteiger partial charge in [-0.15, -0.1) is 0 Å². The van der Waals surface area contributed by atoms with Crippen LogP contribution in [0.3, 0.4) is 0 Å². The fourth-order valence-electron chi connectivity index (χ4n) is 2.20. The van der Waals surface area contributed by atoms with Gasteiger partial charge in [-0.2, -0.15) is 0 Å². The molecule has 0 amide bonds. The van der Waals surface area contributed by atoms with Gasteiger partial charge in [0, 0.05) is 45.5 Å². The van der Waals surface area contributed by atoms with Gasteiger partial charge in [-0.3, -0.25) is 4.90 Å². The highest BCUT2D eigenvalue weighted by Crippen LogP contribution is 2.17. The summed E-state index contributed by atoms with van der Waals surface area (Å²) in [6.45, 7) is 3.19. The van der Waals surface area contributed by atoms with Gasteiger partial charge in [0.25, 0.3) is 0 Å². The Morgan fingerprint density at radius 2 is 2.25 bits per heavy atom. The van der Waals surface area contributed by atoms with Crippen LogP contribution in [0.5, 0.6) is 0 Å². The number of hydrogen-bond donors (Lipinski definition) is 1. The smallest absolute Gasteiger partial charge is 0.0364 e. The molecule has 1 heterocycles. The fraction of sp³-hybridized carbons (Fsp3) is 0.538. The molecule has 1 aromatic rings. The minimum Gasteiger partial charge on any atom is -0.378 e. The van der Waals surface area contributed by atoms with Gasteiger partial charge in [-0.1, -0.05) is 12.1 Å². The summed E-state index contributed by atoms with van der Waals surface area (Å²) in [5.74, 6) is 0. The largest absolute Gasteiger partial charge is 0.378 e. The highest BCUT2D eigenvalue weighted by molar-refractivity contribution is 5.47. The van der Waals surface area contributed by atoms with Crippen molar-refractivity contribution in [2.45, 2.75) is 19.0 Å². The second-order valence-electron chi connectivity index (χ2n) is 4.85. The molecule has 2 N–H and O–H groups in total. The first-order valence-electron chi connectivity index (χ1n) is 5.89. The Balaban J connectivity index is 2.01. The van der Waals surface area contributed by atoms with Crippen molar-refractivity contribution < 1.29 is 0 Å². The van der Waals surface area contributed by atoms with E-state index in [1.807, 2.05) is 0 Å². The molecule has 0 bridgehead atoms. The van der Waals surface area contributed by atoms with Crippen LogP contribution in [0.2, 0.25) is 0 Å². The molecule has 0 spiro atoms. The normalized spacial score (nSPS) is 21.3. The molecule has 1 aliphatic rings. The Morgan fingerprint density at radius 3 is 2.88 bits per heavy atom. The van der Waals surface area contributed by atoms with Gasteiger partial charge >= 0.3 is 0 Å². The van der Waals surface area contributed by atoms with E-state index in [1.54, 1.807) is 0 Å². The third kappa shape index (κ3) is 2.74. The van der Waals surface area contributed by atoms with Crippen molar-refractivity contribution >= 4 is 5.69 Å². The molecule has 3 nitrogen and oxygen atoms in total. The maximum atomic E-state index is 5.91. The van der Waals surface area contributed by atoms with Crippen LogP contribution in [0.15, 0.2) is 24.3 Å². The zero-order valence-electron chi connectivity index (χ0n) is 10.2. The van der Waals surface area contributed by atoms with Crippen molar-refractivity contribution in [3.8, 4) is 0 Å². The molecule has 1 fully saturated rings. The number of anilines is 1. The Morgan fingerprint density at radius 1 is 1.44 bits per heavy atom. The van der Waals surface area contributed by atoms with E-state index in [0.717, 1.165) is 26.1 Å². The number of nitrogens with zero attached hydrogens (tertiary/aromatic N) is 2. The minimum absolute atomic E-state index is 0.372. The molecule has 0 radical (unpaired) electrons. The van der Waals surface area contributed by atoms with Gasteiger partial charge in [0.1, 0.15) is 0 Å². The van der Waals surface area contributed by atoms with Crippen molar-refractivity contribution in [1.29, 1.82) is 0 Å². The van der Waals surface area contributed by atoms with E-state index in [9.17, 15) is 0 Å². The van der Waals surface area contributed by atoms with Crippen LogP contribution in [0.25, 0.3) is 0 Å². The average Bonchev–Trinajstić information content (AvgIpc) is 2.64. The molecule has 3 heteroatoms. The van der Waals surface area contributed by atoms with Crippen molar-refractivity contribution in [3.05, 3.63) is 29.8 Å². The van der Waals surface area contributed by atoms with Gasteiger partial charge in [-0.25, -0.2) is 0 Å². The van der Waals surface area contributed by atoms with Crippen molar-refractivity contribution in [2.24, 2.45) is 5.73 Å².